The highest BCUT2D eigenvalue weighted by atomic mass is 32.2. The van der Waals surface area contributed by atoms with Gasteiger partial charge in [-0.3, -0.25) is 4.79 Å². The molecule has 0 radical (unpaired) electrons. The van der Waals surface area contributed by atoms with Crippen LogP contribution in [0.4, 0.5) is 0 Å². The molecule has 0 N–H and O–H groups in total. The third-order valence-corrected chi connectivity index (χ3v) is 6.64. The third kappa shape index (κ3) is 3.85. The van der Waals surface area contributed by atoms with Crippen molar-refractivity contribution in [1.29, 1.82) is 0 Å². The number of carbonyl (C=O) groups is 1. The van der Waals surface area contributed by atoms with Crippen molar-refractivity contribution in [3.8, 4) is 0 Å². The SMILES string of the molecule is CC(=O)c1cccc(SC2CCOC3(CCSCC3)C2)c1. The lowest BCUT2D eigenvalue weighted by Gasteiger charge is -2.43. The van der Waals surface area contributed by atoms with Gasteiger partial charge in [-0.1, -0.05) is 12.1 Å². The first kappa shape index (κ1) is 15.4. The topological polar surface area (TPSA) is 26.3 Å². The van der Waals surface area contributed by atoms with Gasteiger partial charge in [0.1, 0.15) is 0 Å². The Labute approximate surface area is 135 Å². The standard InChI is InChI=1S/C17H22O2S2/c1-13(18)14-3-2-4-15(11-14)21-16-5-8-19-17(12-16)6-9-20-10-7-17/h2-4,11,16H,5-10,12H2,1H3. The smallest absolute Gasteiger partial charge is 0.159 e. The van der Waals surface area contributed by atoms with Gasteiger partial charge in [0.25, 0.3) is 0 Å². The normalized spacial score (nSPS) is 24.9. The maximum absolute atomic E-state index is 11.5. The molecule has 2 fully saturated rings. The van der Waals surface area contributed by atoms with Crippen molar-refractivity contribution in [2.75, 3.05) is 18.1 Å². The van der Waals surface area contributed by atoms with Crippen LogP contribution in [0.25, 0.3) is 0 Å². The highest BCUT2D eigenvalue weighted by molar-refractivity contribution is 8.00. The van der Waals surface area contributed by atoms with E-state index in [0.717, 1.165) is 25.0 Å². The quantitative estimate of drug-likeness (QED) is 0.769. The van der Waals surface area contributed by atoms with Gasteiger partial charge in [0.15, 0.2) is 5.78 Å². The van der Waals surface area contributed by atoms with Crippen molar-refractivity contribution < 1.29 is 9.53 Å². The summed E-state index contributed by atoms with van der Waals surface area (Å²) in [4.78, 5) is 12.7. The molecule has 21 heavy (non-hydrogen) atoms. The molecule has 0 aliphatic carbocycles. The summed E-state index contributed by atoms with van der Waals surface area (Å²) in [6, 6.07) is 8.05. The van der Waals surface area contributed by atoms with Crippen LogP contribution in [0.3, 0.4) is 0 Å². The zero-order valence-corrected chi connectivity index (χ0v) is 14.1. The summed E-state index contributed by atoms with van der Waals surface area (Å²) in [7, 11) is 0. The summed E-state index contributed by atoms with van der Waals surface area (Å²) in [5.41, 5.74) is 0.954. The van der Waals surface area contributed by atoms with E-state index in [1.807, 2.05) is 41.7 Å². The molecule has 2 nitrogen and oxygen atoms in total. The minimum atomic E-state index is 0.138. The Morgan fingerprint density at radius 1 is 1.38 bits per heavy atom. The summed E-state index contributed by atoms with van der Waals surface area (Å²) < 4.78 is 6.16. The van der Waals surface area contributed by atoms with Crippen molar-refractivity contribution >= 4 is 29.3 Å². The van der Waals surface area contributed by atoms with Crippen LogP contribution in [-0.2, 0) is 4.74 Å². The van der Waals surface area contributed by atoms with E-state index in [2.05, 4.69) is 6.07 Å². The van der Waals surface area contributed by atoms with E-state index in [1.54, 1.807) is 6.92 Å². The highest BCUT2D eigenvalue weighted by Gasteiger charge is 2.38. The minimum absolute atomic E-state index is 0.138. The minimum Gasteiger partial charge on any atom is -0.375 e. The zero-order valence-electron chi connectivity index (χ0n) is 12.5. The van der Waals surface area contributed by atoms with E-state index in [0.29, 0.717) is 5.25 Å². The van der Waals surface area contributed by atoms with Crippen LogP contribution in [0.15, 0.2) is 29.2 Å². The lowest BCUT2D eigenvalue weighted by Crippen LogP contribution is -2.43. The monoisotopic (exact) mass is 322 g/mol. The van der Waals surface area contributed by atoms with Gasteiger partial charge in [0.2, 0.25) is 0 Å². The van der Waals surface area contributed by atoms with Gasteiger partial charge in [-0.2, -0.15) is 11.8 Å². The number of thioether (sulfide) groups is 2. The summed E-state index contributed by atoms with van der Waals surface area (Å²) in [5, 5.41) is 0.615. The Hall–Kier alpha value is -0.450. The number of hydrogen-bond donors (Lipinski definition) is 0. The Bertz CT molecular complexity index is 504. The fraction of sp³-hybridized carbons (Fsp3) is 0.588. The van der Waals surface area contributed by atoms with Crippen molar-refractivity contribution in [3.05, 3.63) is 29.8 Å². The molecule has 0 bridgehead atoms. The molecule has 0 saturated carbocycles. The zero-order chi connectivity index (χ0) is 14.7. The predicted octanol–water partition coefficient (Wildman–Crippen LogP) is 4.43. The number of hydrogen-bond acceptors (Lipinski definition) is 4. The largest absolute Gasteiger partial charge is 0.375 e. The number of rotatable bonds is 3. The molecule has 0 aromatic heterocycles. The van der Waals surface area contributed by atoms with E-state index in [4.69, 9.17) is 4.74 Å². The van der Waals surface area contributed by atoms with Gasteiger partial charge in [-0.15, -0.1) is 11.8 Å². The first-order valence-corrected chi connectivity index (χ1v) is 9.70. The van der Waals surface area contributed by atoms with Gasteiger partial charge in [0, 0.05) is 22.3 Å². The average molecular weight is 322 g/mol. The van der Waals surface area contributed by atoms with E-state index in [-0.39, 0.29) is 11.4 Å². The molecule has 2 saturated heterocycles. The Morgan fingerprint density at radius 3 is 2.95 bits per heavy atom. The van der Waals surface area contributed by atoms with Crippen molar-refractivity contribution in [3.63, 3.8) is 0 Å². The molecular weight excluding hydrogens is 300 g/mol. The van der Waals surface area contributed by atoms with Gasteiger partial charge in [0.05, 0.1) is 5.60 Å². The van der Waals surface area contributed by atoms with E-state index >= 15 is 0 Å². The van der Waals surface area contributed by atoms with Gasteiger partial charge >= 0.3 is 0 Å². The molecule has 1 unspecified atom stereocenters. The molecule has 1 aromatic carbocycles. The Balaban J connectivity index is 1.67. The first-order valence-electron chi connectivity index (χ1n) is 7.66. The highest BCUT2D eigenvalue weighted by Crippen LogP contribution is 2.42. The van der Waals surface area contributed by atoms with Crippen LogP contribution in [0.5, 0.6) is 0 Å². The van der Waals surface area contributed by atoms with Crippen LogP contribution in [0.1, 0.15) is 43.0 Å². The number of ether oxygens (including phenoxy) is 1. The molecule has 114 valence electrons. The van der Waals surface area contributed by atoms with Gasteiger partial charge < -0.3 is 4.74 Å². The van der Waals surface area contributed by atoms with Crippen LogP contribution < -0.4 is 0 Å². The Kier molecular flexibility index (Phi) is 4.97. The van der Waals surface area contributed by atoms with E-state index in [1.165, 1.54) is 29.2 Å². The summed E-state index contributed by atoms with van der Waals surface area (Å²) >= 11 is 3.97. The first-order chi connectivity index (χ1) is 10.2. The fourth-order valence-corrected chi connectivity index (χ4v) is 5.73. The molecule has 2 aliphatic rings. The average Bonchev–Trinajstić information content (AvgIpc) is 2.48. The molecule has 2 heterocycles. The number of benzene rings is 1. The van der Waals surface area contributed by atoms with Crippen LogP contribution in [-0.4, -0.2) is 34.7 Å². The second kappa shape index (κ2) is 6.76. The van der Waals surface area contributed by atoms with Gasteiger partial charge in [-0.25, -0.2) is 0 Å². The second-order valence-electron chi connectivity index (χ2n) is 5.96. The second-order valence-corrected chi connectivity index (χ2v) is 8.56. The predicted molar refractivity (Wildman–Crippen MR) is 90.6 cm³/mol. The van der Waals surface area contributed by atoms with E-state index < -0.39 is 0 Å². The lowest BCUT2D eigenvalue weighted by atomic mass is 9.88. The number of carbonyl (C=O) groups excluding carboxylic acids is 1. The Morgan fingerprint density at radius 2 is 2.19 bits per heavy atom. The molecule has 3 rings (SSSR count). The van der Waals surface area contributed by atoms with Gasteiger partial charge in [-0.05, 0) is 56.2 Å². The summed E-state index contributed by atoms with van der Waals surface area (Å²) in [5.74, 6) is 2.61. The van der Waals surface area contributed by atoms with Crippen molar-refractivity contribution in [1.82, 2.24) is 0 Å². The van der Waals surface area contributed by atoms with E-state index in [9.17, 15) is 4.79 Å². The maximum atomic E-state index is 11.5. The third-order valence-electron chi connectivity index (χ3n) is 4.40. The fourth-order valence-electron chi connectivity index (χ4n) is 3.16. The molecule has 1 spiro atoms. The van der Waals surface area contributed by atoms with Crippen LogP contribution in [0.2, 0.25) is 0 Å². The molecule has 1 atom stereocenters. The summed E-state index contributed by atoms with van der Waals surface area (Å²) in [6.45, 7) is 2.52. The van der Waals surface area contributed by atoms with Crippen molar-refractivity contribution in [2.45, 2.75) is 48.4 Å². The molecule has 0 amide bonds. The maximum Gasteiger partial charge on any atom is 0.159 e. The van der Waals surface area contributed by atoms with Crippen LogP contribution >= 0.6 is 23.5 Å². The molecule has 4 heteroatoms. The number of Topliss-reactive ketones (excluding diaryl/α,β-unsaturated/α-hetero) is 1. The van der Waals surface area contributed by atoms with Crippen molar-refractivity contribution in [2.24, 2.45) is 0 Å². The number of ketones is 1. The lowest BCUT2D eigenvalue weighted by molar-refractivity contribution is -0.0804. The molecule has 1 aromatic rings. The summed E-state index contributed by atoms with van der Waals surface area (Å²) in [6.07, 6.45) is 4.66. The molecular formula is C17H22O2S2. The molecule has 2 aliphatic heterocycles. The van der Waals surface area contributed by atoms with Crippen LogP contribution in [0, 0.1) is 0 Å².